The van der Waals surface area contributed by atoms with Gasteiger partial charge >= 0.3 is 11.7 Å². The summed E-state index contributed by atoms with van der Waals surface area (Å²) in [6.45, 7) is 0.0450. The SMILES string of the molecule is COc1ccc([N+](=O)[O-])c(NCc2cccc(-c3ccccc3)c2C(=O)O)n1. The van der Waals surface area contributed by atoms with E-state index in [1.165, 1.54) is 19.2 Å². The van der Waals surface area contributed by atoms with Crippen LogP contribution in [-0.2, 0) is 6.54 Å². The molecule has 0 aliphatic heterocycles. The van der Waals surface area contributed by atoms with E-state index >= 15 is 0 Å². The number of aromatic nitrogens is 1. The Morgan fingerprint density at radius 2 is 1.89 bits per heavy atom. The standard InChI is InChI=1S/C20H17N3O5/c1-28-17-11-10-16(23(26)27)19(22-17)21-12-14-8-5-9-15(18(14)20(24)25)13-6-3-2-4-7-13/h2-11H,12H2,1H3,(H,21,22)(H,24,25). The normalized spacial score (nSPS) is 10.3. The lowest BCUT2D eigenvalue weighted by Gasteiger charge is -2.13. The Kier molecular flexibility index (Phi) is 5.50. The average molecular weight is 379 g/mol. The van der Waals surface area contributed by atoms with Crippen LogP contribution in [0.4, 0.5) is 11.5 Å². The highest BCUT2D eigenvalue weighted by atomic mass is 16.6. The number of anilines is 1. The van der Waals surface area contributed by atoms with E-state index in [0.717, 1.165) is 5.56 Å². The summed E-state index contributed by atoms with van der Waals surface area (Å²) in [6, 6.07) is 17.0. The Balaban J connectivity index is 1.98. The number of hydrogen-bond acceptors (Lipinski definition) is 6. The molecule has 0 atom stereocenters. The fourth-order valence-electron chi connectivity index (χ4n) is 2.86. The van der Waals surface area contributed by atoms with Crippen molar-refractivity contribution < 1.29 is 19.6 Å². The van der Waals surface area contributed by atoms with E-state index in [1.54, 1.807) is 18.2 Å². The molecule has 8 nitrogen and oxygen atoms in total. The molecule has 0 saturated heterocycles. The fraction of sp³-hybridized carbons (Fsp3) is 0.100. The van der Waals surface area contributed by atoms with Crippen molar-refractivity contribution in [1.82, 2.24) is 4.98 Å². The van der Waals surface area contributed by atoms with Crippen molar-refractivity contribution in [1.29, 1.82) is 0 Å². The highest BCUT2D eigenvalue weighted by molar-refractivity contribution is 5.97. The number of carbonyl (C=O) groups is 1. The summed E-state index contributed by atoms with van der Waals surface area (Å²) >= 11 is 0. The van der Waals surface area contributed by atoms with Gasteiger partial charge in [-0.25, -0.2) is 4.79 Å². The molecule has 0 spiro atoms. The van der Waals surface area contributed by atoms with E-state index in [2.05, 4.69) is 10.3 Å². The number of ether oxygens (including phenoxy) is 1. The minimum atomic E-state index is -1.08. The minimum Gasteiger partial charge on any atom is -0.481 e. The highest BCUT2D eigenvalue weighted by Gasteiger charge is 2.19. The van der Waals surface area contributed by atoms with Crippen LogP contribution in [0.3, 0.4) is 0 Å². The van der Waals surface area contributed by atoms with Crippen molar-refractivity contribution in [3.63, 3.8) is 0 Å². The Labute approximate surface area is 160 Å². The number of aromatic carboxylic acids is 1. The zero-order valence-corrected chi connectivity index (χ0v) is 15.0. The molecule has 0 saturated carbocycles. The van der Waals surface area contributed by atoms with Gasteiger partial charge in [-0.3, -0.25) is 10.1 Å². The maximum absolute atomic E-state index is 11.9. The lowest BCUT2D eigenvalue weighted by atomic mass is 9.95. The summed E-state index contributed by atoms with van der Waals surface area (Å²) in [7, 11) is 1.41. The number of nitrogens with one attached hydrogen (secondary N) is 1. The summed E-state index contributed by atoms with van der Waals surface area (Å²) in [5, 5.41) is 23.9. The smallest absolute Gasteiger partial charge is 0.336 e. The number of pyridine rings is 1. The topological polar surface area (TPSA) is 115 Å². The van der Waals surface area contributed by atoms with Gasteiger partial charge in [0.15, 0.2) is 0 Å². The van der Waals surface area contributed by atoms with Gasteiger partial charge in [0.1, 0.15) is 0 Å². The van der Waals surface area contributed by atoms with Crippen molar-refractivity contribution in [2.45, 2.75) is 6.54 Å². The molecule has 28 heavy (non-hydrogen) atoms. The number of carboxylic acids is 1. The quantitative estimate of drug-likeness (QED) is 0.471. The predicted molar refractivity (Wildman–Crippen MR) is 104 cm³/mol. The zero-order valence-electron chi connectivity index (χ0n) is 15.0. The number of benzene rings is 2. The van der Waals surface area contributed by atoms with Crippen LogP contribution in [-0.4, -0.2) is 28.1 Å². The number of nitro groups is 1. The van der Waals surface area contributed by atoms with Gasteiger partial charge in [0.05, 0.1) is 17.6 Å². The third-order valence-electron chi connectivity index (χ3n) is 4.15. The van der Waals surface area contributed by atoms with E-state index in [9.17, 15) is 20.0 Å². The second-order valence-electron chi connectivity index (χ2n) is 5.84. The van der Waals surface area contributed by atoms with Gasteiger partial charge in [-0.2, -0.15) is 4.98 Å². The van der Waals surface area contributed by atoms with E-state index in [4.69, 9.17) is 4.74 Å². The van der Waals surface area contributed by atoms with Crippen LogP contribution in [0.5, 0.6) is 5.88 Å². The molecule has 1 aromatic heterocycles. The van der Waals surface area contributed by atoms with Crippen molar-refractivity contribution in [3.8, 4) is 17.0 Å². The van der Waals surface area contributed by atoms with Crippen LogP contribution in [0.15, 0.2) is 60.7 Å². The molecular weight excluding hydrogens is 362 g/mol. The number of carboxylic acid groups (broad SMARTS) is 1. The molecule has 3 aromatic rings. The van der Waals surface area contributed by atoms with Gasteiger partial charge in [0, 0.05) is 18.7 Å². The predicted octanol–water partition coefficient (Wildman–Crippen LogP) is 3.98. The van der Waals surface area contributed by atoms with Crippen molar-refractivity contribution in [2.24, 2.45) is 0 Å². The monoisotopic (exact) mass is 379 g/mol. The van der Waals surface area contributed by atoms with Crippen LogP contribution >= 0.6 is 0 Å². The van der Waals surface area contributed by atoms with E-state index in [-0.39, 0.29) is 29.5 Å². The lowest BCUT2D eigenvalue weighted by Crippen LogP contribution is -2.11. The Morgan fingerprint density at radius 1 is 1.14 bits per heavy atom. The molecule has 0 radical (unpaired) electrons. The molecule has 0 bridgehead atoms. The summed E-state index contributed by atoms with van der Waals surface area (Å²) in [4.78, 5) is 26.7. The second-order valence-corrected chi connectivity index (χ2v) is 5.84. The molecule has 142 valence electrons. The first-order valence-electron chi connectivity index (χ1n) is 8.35. The maximum atomic E-state index is 11.9. The van der Waals surface area contributed by atoms with Gasteiger partial charge in [-0.15, -0.1) is 0 Å². The zero-order chi connectivity index (χ0) is 20.1. The maximum Gasteiger partial charge on any atom is 0.336 e. The minimum absolute atomic E-state index is 0.00537. The first-order valence-corrected chi connectivity index (χ1v) is 8.35. The molecule has 2 aromatic carbocycles. The number of rotatable bonds is 7. The van der Waals surface area contributed by atoms with Crippen molar-refractivity contribution in [3.05, 3.63) is 81.9 Å². The molecule has 2 N–H and O–H groups in total. The Hall–Kier alpha value is -3.94. The molecule has 8 heteroatoms. The molecule has 0 aliphatic carbocycles. The third-order valence-corrected chi connectivity index (χ3v) is 4.15. The van der Waals surface area contributed by atoms with E-state index in [0.29, 0.717) is 11.1 Å². The van der Waals surface area contributed by atoms with Crippen LogP contribution < -0.4 is 10.1 Å². The molecule has 1 heterocycles. The van der Waals surface area contributed by atoms with Gasteiger partial charge < -0.3 is 15.2 Å². The number of hydrogen-bond donors (Lipinski definition) is 2. The van der Waals surface area contributed by atoms with E-state index in [1.807, 2.05) is 30.3 Å². The Morgan fingerprint density at radius 3 is 2.54 bits per heavy atom. The third kappa shape index (κ3) is 3.90. The Bertz CT molecular complexity index is 1020. The molecular formula is C20H17N3O5. The molecule has 3 rings (SSSR count). The second kappa shape index (κ2) is 8.17. The van der Waals surface area contributed by atoms with E-state index < -0.39 is 10.9 Å². The van der Waals surface area contributed by atoms with Gasteiger partial charge in [0.2, 0.25) is 11.7 Å². The molecule has 0 fully saturated rings. The van der Waals surface area contributed by atoms with Gasteiger partial charge in [-0.05, 0) is 16.7 Å². The van der Waals surface area contributed by atoms with Gasteiger partial charge in [0.25, 0.3) is 0 Å². The first-order chi connectivity index (χ1) is 13.5. The van der Waals surface area contributed by atoms with Crippen LogP contribution in [0.25, 0.3) is 11.1 Å². The van der Waals surface area contributed by atoms with Gasteiger partial charge in [-0.1, -0.05) is 48.5 Å². The molecule has 0 unspecified atom stereocenters. The first kappa shape index (κ1) is 18.8. The van der Waals surface area contributed by atoms with Crippen LogP contribution in [0.1, 0.15) is 15.9 Å². The summed E-state index contributed by atoms with van der Waals surface area (Å²) in [5.41, 5.74) is 1.73. The fourth-order valence-corrected chi connectivity index (χ4v) is 2.86. The number of nitrogens with zero attached hydrogens (tertiary/aromatic N) is 2. The summed E-state index contributed by atoms with van der Waals surface area (Å²) < 4.78 is 5.01. The van der Waals surface area contributed by atoms with Crippen LogP contribution in [0, 0.1) is 10.1 Å². The molecule has 0 amide bonds. The average Bonchev–Trinajstić information content (AvgIpc) is 2.72. The van der Waals surface area contributed by atoms with Crippen molar-refractivity contribution in [2.75, 3.05) is 12.4 Å². The summed E-state index contributed by atoms with van der Waals surface area (Å²) in [5.74, 6) is -0.861. The largest absolute Gasteiger partial charge is 0.481 e. The molecule has 0 aliphatic rings. The highest BCUT2D eigenvalue weighted by Crippen LogP contribution is 2.29. The summed E-state index contributed by atoms with van der Waals surface area (Å²) in [6.07, 6.45) is 0. The van der Waals surface area contributed by atoms with Crippen molar-refractivity contribution >= 4 is 17.5 Å². The lowest BCUT2D eigenvalue weighted by molar-refractivity contribution is -0.384. The van der Waals surface area contributed by atoms with Crippen LogP contribution in [0.2, 0.25) is 0 Å². The number of methoxy groups -OCH3 is 1.